The van der Waals surface area contributed by atoms with E-state index in [0.29, 0.717) is 19.6 Å². The van der Waals surface area contributed by atoms with Crippen LogP contribution >= 0.6 is 0 Å². The molecule has 2 aromatic rings. The quantitative estimate of drug-likeness (QED) is 0.833. The van der Waals surface area contributed by atoms with Crippen molar-refractivity contribution in [2.24, 2.45) is 5.92 Å². The van der Waals surface area contributed by atoms with Crippen molar-refractivity contribution in [3.8, 4) is 0 Å². The van der Waals surface area contributed by atoms with Gasteiger partial charge >= 0.3 is 5.97 Å². The third-order valence-electron chi connectivity index (χ3n) is 4.47. The molecule has 0 bridgehead atoms. The fourth-order valence-electron chi connectivity index (χ4n) is 3.00. The number of aromatic carboxylic acids is 1. The van der Waals surface area contributed by atoms with Crippen LogP contribution in [0.2, 0.25) is 0 Å². The number of carbonyl (C=O) groups is 3. The van der Waals surface area contributed by atoms with Crippen LogP contribution in [0.1, 0.15) is 27.9 Å². The van der Waals surface area contributed by atoms with Gasteiger partial charge in [-0.15, -0.1) is 0 Å². The topological polar surface area (TPSA) is 86.7 Å². The molecule has 1 heterocycles. The van der Waals surface area contributed by atoms with Crippen molar-refractivity contribution in [3.05, 3.63) is 71.3 Å². The maximum Gasteiger partial charge on any atom is 0.335 e. The zero-order valence-electron chi connectivity index (χ0n) is 14.2. The first-order valence-electron chi connectivity index (χ1n) is 8.44. The zero-order chi connectivity index (χ0) is 18.5. The summed E-state index contributed by atoms with van der Waals surface area (Å²) in [5.41, 5.74) is 2.06. The number of nitrogens with one attached hydrogen (secondary N) is 1. The highest BCUT2D eigenvalue weighted by molar-refractivity contribution is 5.89. The molecule has 134 valence electrons. The average Bonchev–Trinajstić information content (AvgIpc) is 3.01. The van der Waals surface area contributed by atoms with Gasteiger partial charge in [0.2, 0.25) is 11.8 Å². The van der Waals surface area contributed by atoms with Gasteiger partial charge in [-0.2, -0.15) is 0 Å². The molecule has 3 rings (SSSR count). The number of nitrogens with zero attached hydrogens (tertiary/aromatic N) is 1. The van der Waals surface area contributed by atoms with E-state index in [0.717, 1.165) is 11.1 Å². The van der Waals surface area contributed by atoms with E-state index in [4.69, 9.17) is 5.11 Å². The lowest BCUT2D eigenvalue weighted by Crippen LogP contribution is -2.32. The molecule has 6 nitrogen and oxygen atoms in total. The van der Waals surface area contributed by atoms with Gasteiger partial charge < -0.3 is 15.3 Å². The van der Waals surface area contributed by atoms with Gasteiger partial charge in [0, 0.05) is 26.1 Å². The van der Waals surface area contributed by atoms with Gasteiger partial charge in [-0.3, -0.25) is 9.59 Å². The van der Waals surface area contributed by atoms with Crippen LogP contribution in [0.25, 0.3) is 0 Å². The number of hydrogen-bond donors (Lipinski definition) is 2. The van der Waals surface area contributed by atoms with Crippen LogP contribution in [-0.2, 0) is 22.7 Å². The second-order valence-corrected chi connectivity index (χ2v) is 6.38. The highest BCUT2D eigenvalue weighted by Crippen LogP contribution is 2.20. The molecular weight excluding hydrogens is 332 g/mol. The number of carboxylic acid groups (broad SMARTS) is 1. The number of carboxylic acids is 1. The van der Waals surface area contributed by atoms with Gasteiger partial charge in [-0.1, -0.05) is 42.5 Å². The van der Waals surface area contributed by atoms with Crippen molar-refractivity contribution in [1.82, 2.24) is 10.2 Å². The Morgan fingerprint density at radius 2 is 1.73 bits per heavy atom. The van der Waals surface area contributed by atoms with Crippen LogP contribution in [0.3, 0.4) is 0 Å². The lowest BCUT2D eigenvalue weighted by molar-refractivity contribution is -0.129. The normalized spacial score (nSPS) is 16.5. The maximum absolute atomic E-state index is 12.4. The number of amides is 2. The van der Waals surface area contributed by atoms with E-state index >= 15 is 0 Å². The SMILES string of the molecule is O=C(O)c1ccc(CNC(=O)[C@H]2CC(=O)N(Cc3ccccc3)C2)cc1. The van der Waals surface area contributed by atoms with Crippen LogP contribution in [0.4, 0.5) is 0 Å². The van der Waals surface area contributed by atoms with Crippen molar-refractivity contribution in [1.29, 1.82) is 0 Å². The van der Waals surface area contributed by atoms with Crippen molar-refractivity contribution in [3.63, 3.8) is 0 Å². The lowest BCUT2D eigenvalue weighted by Gasteiger charge is -2.16. The Morgan fingerprint density at radius 1 is 1.04 bits per heavy atom. The number of carbonyl (C=O) groups excluding carboxylic acids is 2. The van der Waals surface area contributed by atoms with E-state index in [9.17, 15) is 14.4 Å². The first-order valence-corrected chi connectivity index (χ1v) is 8.44. The Hall–Kier alpha value is -3.15. The van der Waals surface area contributed by atoms with E-state index in [1.807, 2.05) is 30.3 Å². The Balaban J connectivity index is 1.52. The van der Waals surface area contributed by atoms with Crippen molar-refractivity contribution < 1.29 is 19.5 Å². The first kappa shape index (κ1) is 17.7. The molecule has 2 N–H and O–H groups in total. The van der Waals surface area contributed by atoms with Gasteiger partial charge in [0.15, 0.2) is 0 Å². The molecule has 0 aromatic heterocycles. The highest BCUT2D eigenvalue weighted by Gasteiger charge is 2.34. The first-order chi connectivity index (χ1) is 12.5. The van der Waals surface area contributed by atoms with E-state index in [1.165, 1.54) is 12.1 Å². The number of hydrogen-bond acceptors (Lipinski definition) is 3. The minimum Gasteiger partial charge on any atom is -0.478 e. The maximum atomic E-state index is 12.4. The van der Waals surface area contributed by atoms with E-state index < -0.39 is 5.97 Å². The molecule has 1 aliphatic heterocycles. The summed E-state index contributed by atoms with van der Waals surface area (Å²) < 4.78 is 0. The van der Waals surface area contributed by atoms with Crippen LogP contribution in [0.15, 0.2) is 54.6 Å². The summed E-state index contributed by atoms with van der Waals surface area (Å²) in [7, 11) is 0. The summed E-state index contributed by atoms with van der Waals surface area (Å²) in [5, 5.41) is 11.7. The summed E-state index contributed by atoms with van der Waals surface area (Å²) in [6.07, 6.45) is 0.219. The number of likely N-dealkylation sites (tertiary alicyclic amines) is 1. The molecule has 26 heavy (non-hydrogen) atoms. The summed E-state index contributed by atoms with van der Waals surface area (Å²) >= 11 is 0. The second-order valence-electron chi connectivity index (χ2n) is 6.38. The summed E-state index contributed by atoms with van der Waals surface area (Å²) in [5.74, 6) is -1.51. The number of rotatable bonds is 6. The van der Waals surface area contributed by atoms with Crippen LogP contribution in [-0.4, -0.2) is 34.3 Å². The third-order valence-corrected chi connectivity index (χ3v) is 4.47. The van der Waals surface area contributed by atoms with Gasteiger partial charge in [-0.05, 0) is 23.3 Å². The minimum atomic E-state index is -0.983. The molecule has 0 unspecified atom stereocenters. The molecule has 1 saturated heterocycles. The molecule has 0 radical (unpaired) electrons. The van der Waals surface area contributed by atoms with Crippen LogP contribution in [0, 0.1) is 5.92 Å². The monoisotopic (exact) mass is 352 g/mol. The molecule has 0 saturated carbocycles. The predicted octanol–water partition coefficient (Wildman–Crippen LogP) is 2.05. The standard InChI is InChI=1S/C20H20N2O4/c23-18-10-17(13-22(18)12-15-4-2-1-3-5-15)19(24)21-11-14-6-8-16(9-7-14)20(25)26/h1-9,17H,10-13H2,(H,21,24)(H,25,26)/t17-/m0/s1. The molecule has 2 aromatic carbocycles. The summed E-state index contributed by atoms with van der Waals surface area (Å²) in [6, 6.07) is 16.0. The van der Waals surface area contributed by atoms with Crippen molar-refractivity contribution >= 4 is 17.8 Å². The fourth-order valence-corrected chi connectivity index (χ4v) is 3.00. The Labute approximate surface area is 151 Å². The molecule has 1 atom stereocenters. The molecule has 0 spiro atoms. The molecule has 0 aliphatic carbocycles. The molecule has 1 fully saturated rings. The lowest BCUT2D eigenvalue weighted by atomic mass is 10.1. The molecule has 6 heteroatoms. The Bertz CT molecular complexity index is 802. The molecule has 2 amide bonds. The van der Waals surface area contributed by atoms with Crippen molar-refractivity contribution in [2.75, 3.05) is 6.54 Å². The number of benzene rings is 2. The predicted molar refractivity (Wildman–Crippen MR) is 95.2 cm³/mol. The van der Waals surface area contributed by atoms with E-state index in [1.54, 1.807) is 17.0 Å². The van der Waals surface area contributed by atoms with Crippen LogP contribution in [0.5, 0.6) is 0 Å². The van der Waals surface area contributed by atoms with E-state index in [-0.39, 0.29) is 29.7 Å². The average molecular weight is 352 g/mol. The smallest absolute Gasteiger partial charge is 0.335 e. The second kappa shape index (κ2) is 7.82. The zero-order valence-corrected chi connectivity index (χ0v) is 14.2. The largest absolute Gasteiger partial charge is 0.478 e. The minimum absolute atomic E-state index is 0.0141. The Kier molecular flexibility index (Phi) is 5.31. The highest BCUT2D eigenvalue weighted by atomic mass is 16.4. The van der Waals surface area contributed by atoms with Gasteiger partial charge in [0.05, 0.1) is 11.5 Å². The fraction of sp³-hybridized carbons (Fsp3) is 0.250. The Morgan fingerprint density at radius 3 is 2.38 bits per heavy atom. The van der Waals surface area contributed by atoms with E-state index in [2.05, 4.69) is 5.32 Å². The molecule has 1 aliphatic rings. The summed E-state index contributed by atoms with van der Waals surface area (Å²) in [6.45, 7) is 1.24. The van der Waals surface area contributed by atoms with Gasteiger partial charge in [0.25, 0.3) is 0 Å². The van der Waals surface area contributed by atoms with Gasteiger partial charge in [-0.25, -0.2) is 4.79 Å². The third kappa shape index (κ3) is 4.27. The van der Waals surface area contributed by atoms with Crippen molar-refractivity contribution in [2.45, 2.75) is 19.5 Å². The molecular formula is C20H20N2O4. The van der Waals surface area contributed by atoms with Gasteiger partial charge in [0.1, 0.15) is 0 Å². The van der Waals surface area contributed by atoms with Crippen LogP contribution < -0.4 is 5.32 Å². The summed E-state index contributed by atoms with van der Waals surface area (Å²) in [4.78, 5) is 37.1.